The summed E-state index contributed by atoms with van der Waals surface area (Å²) in [7, 11) is 3.16. The van der Waals surface area contributed by atoms with Gasteiger partial charge in [0.05, 0.1) is 12.3 Å². The van der Waals surface area contributed by atoms with E-state index in [1.165, 1.54) is 11.0 Å². The van der Waals surface area contributed by atoms with Crippen LogP contribution in [-0.2, 0) is 9.59 Å². The van der Waals surface area contributed by atoms with Crippen LogP contribution in [0.25, 0.3) is 0 Å². The van der Waals surface area contributed by atoms with Crippen molar-refractivity contribution in [2.75, 3.05) is 26.4 Å². The SMILES string of the molecule is CN(C)C(=O)CNC(=O)CSc1ccc(F)cc1F. The first-order valence-electron chi connectivity index (χ1n) is 5.45. The molecule has 0 heterocycles. The van der Waals surface area contributed by atoms with Crippen LogP contribution in [-0.4, -0.2) is 43.1 Å². The summed E-state index contributed by atoms with van der Waals surface area (Å²) in [6.07, 6.45) is 0. The number of nitrogens with one attached hydrogen (secondary N) is 1. The quantitative estimate of drug-likeness (QED) is 0.830. The molecule has 0 saturated carbocycles. The zero-order valence-corrected chi connectivity index (χ0v) is 11.4. The molecule has 1 N–H and O–H groups in total. The van der Waals surface area contributed by atoms with Gasteiger partial charge in [-0.25, -0.2) is 8.78 Å². The average molecular weight is 288 g/mol. The van der Waals surface area contributed by atoms with Crippen molar-refractivity contribution in [1.29, 1.82) is 0 Å². The van der Waals surface area contributed by atoms with Crippen molar-refractivity contribution in [1.82, 2.24) is 10.2 Å². The second-order valence-corrected chi connectivity index (χ2v) is 4.95. The second-order valence-electron chi connectivity index (χ2n) is 3.93. The van der Waals surface area contributed by atoms with E-state index in [-0.39, 0.29) is 29.0 Å². The van der Waals surface area contributed by atoms with E-state index in [9.17, 15) is 18.4 Å². The maximum Gasteiger partial charge on any atom is 0.241 e. The second kappa shape index (κ2) is 7.08. The highest BCUT2D eigenvalue weighted by Crippen LogP contribution is 2.21. The molecule has 0 atom stereocenters. The van der Waals surface area contributed by atoms with E-state index in [4.69, 9.17) is 0 Å². The van der Waals surface area contributed by atoms with Crippen molar-refractivity contribution in [3.05, 3.63) is 29.8 Å². The Kier molecular flexibility index (Phi) is 5.75. The van der Waals surface area contributed by atoms with Crippen LogP contribution in [0.4, 0.5) is 8.78 Å². The third-order valence-electron chi connectivity index (χ3n) is 2.19. The zero-order chi connectivity index (χ0) is 14.4. The lowest BCUT2D eigenvalue weighted by Gasteiger charge is -2.10. The number of carbonyl (C=O) groups is 2. The molecule has 1 aromatic rings. The maximum atomic E-state index is 13.3. The van der Waals surface area contributed by atoms with Gasteiger partial charge < -0.3 is 10.2 Å². The standard InChI is InChI=1S/C12H14F2N2O2S/c1-16(2)12(18)6-15-11(17)7-19-10-4-3-8(13)5-9(10)14/h3-5H,6-7H2,1-2H3,(H,15,17). The fraction of sp³-hybridized carbons (Fsp3) is 0.333. The summed E-state index contributed by atoms with van der Waals surface area (Å²) in [6.45, 7) is -0.0989. The molecular formula is C12H14F2N2O2S. The summed E-state index contributed by atoms with van der Waals surface area (Å²) in [5, 5.41) is 2.42. The minimum atomic E-state index is -0.706. The van der Waals surface area contributed by atoms with Gasteiger partial charge in [-0.1, -0.05) is 0 Å². The lowest BCUT2D eigenvalue weighted by Crippen LogP contribution is -2.36. The topological polar surface area (TPSA) is 49.4 Å². The van der Waals surface area contributed by atoms with Crippen LogP contribution in [0.2, 0.25) is 0 Å². The molecule has 0 aliphatic heterocycles. The summed E-state index contributed by atoms with van der Waals surface area (Å²) < 4.78 is 25.9. The highest BCUT2D eigenvalue weighted by molar-refractivity contribution is 8.00. The van der Waals surface area contributed by atoms with E-state index in [2.05, 4.69) is 5.32 Å². The summed E-state index contributed by atoms with van der Waals surface area (Å²) in [5.41, 5.74) is 0. The number of carbonyl (C=O) groups excluding carboxylic acids is 2. The van der Waals surface area contributed by atoms with E-state index in [1.54, 1.807) is 14.1 Å². The third kappa shape index (κ3) is 5.25. The molecule has 1 rings (SSSR count). The average Bonchev–Trinajstić information content (AvgIpc) is 2.34. The molecule has 0 saturated heterocycles. The number of likely N-dealkylation sites (N-methyl/N-ethyl adjacent to an activating group) is 1. The molecule has 0 fully saturated rings. The number of thioether (sulfide) groups is 1. The summed E-state index contributed by atoms with van der Waals surface area (Å²) in [4.78, 5) is 24.2. The molecule has 0 aliphatic rings. The van der Waals surface area contributed by atoms with Gasteiger partial charge in [0, 0.05) is 25.1 Å². The molecule has 7 heteroatoms. The van der Waals surface area contributed by atoms with Crippen molar-refractivity contribution in [3.8, 4) is 0 Å². The van der Waals surface area contributed by atoms with Gasteiger partial charge in [0.1, 0.15) is 11.6 Å². The Morgan fingerprint density at radius 1 is 1.32 bits per heavy atom. The monoisotopic (exact) mass is 288 g/mol. The van der Waals surface area contributed by atoms with Crippen LogP contribution >= 0.6 is 11.8 Å². The van der Waals surface area contributed by atoms with Gasteiger partial charge in [-0.2, -0.15) is 0 Å². The van der Waals surface area contributed by atoms with E-state index < -0.39 is 11.6 Å². The number of nitrogens with zero attached hydrogens (tertiary/aromatic N) is 1. The molecule has 2 amide bonds. The van der Waals surface area contributed by atoms with Crippen molar-refractivity contribution in [2.24, 2.45) is 0 Å². The number of hydrogen-bond acceptors (Lipinski definition) is 3. The predicted molar refractivity (Wildman–Crippen MR) is 68.8 cm³/mol. The predicted octanol–water partition coefficient (Wildman–Crippen LogP) is 1.26. The van der Waals surface area contributed by atoms with Crippen LogP contribution < -0.4 is 5.32 Å². The Hall–Kier alpha value is -1.63. The highest BCUT2D eigenvalue weighted by Gasteiger charge is 2.09. The van der Waals surface area contributed by atoms with Crippen LogP contribution in [0.3, 0.4) is 0 Å². The Morgan fingerprint density at radius 3 is 2.58 bits per heavy atom. The first kappa shape index (κ1) is 15.4. The summed E-state index contributed by atoms with van der Waals surface area (Å²) in [6, 6.07) is 3.16. The number of hydrogen-bond donors (Lipinski definition) is 1. The Labute approximate surface area is 114 Å². The van der Waals surface area contributed by atoms with Crippen molar-refractivity contribution >= 4 is 23.6 Å². The molecule has 0 radical (unpaired) electrons. The third-order valence-corrected chi connectivity index (χ3v) is 3.24. The Morgan fingerprint density at radius 2 is 2.00 bits per heavy atom. The van der Waals surface area contributed by atoms with Crippen molar-refractivity contribution < 1.29 is 18.4 Å². The molecule has 104 valence electrons. The fourth-order valence-electron chi connectivity index (χ4n) is 1.12. The highest BCUT2D eigenvalue weighted by atomic mass is 32.2. The largest absolute Gasteiger partial charge is 0.347 e. The molecule has 1 aromatic carbocycles. The van der Waals surface area contributed by atoms with E-state index in [0.717, 1.165) is 23.9 Å². The molecule has 4 nitrogen and oxygen atoms in total. The van der Waals surface area contributed by atoms with Crippen molar-refractivity contribution in [2.45, 2.75) is 4.90 Å². The molecule has 0 unspecified atom stereocenters. The lowest BCUT2D eigenvalue weighted by molar-refractivity contribution is -0.130. The van der Waals surface area contributed by atoms with Gasteiger partial charge in [0.2, 0.25) is 11.8 Å². The minimum absolute atomic E-state index is 0.0384. The molecular weight excluding hydrogens is 274 g/mol. The van der Waals surface area contributed by atoms with Crippen LogP contribution in [0.5, 0.6) is 0 Å². The number of halogens is 2. The number of benzene rings is 1. The zero-order valence-electron chi connectivity index (χ0n) is 10.6. The van der Waals surface area contributed by atoms with E-state index >= 15 is 0 Å². The van der Waals surface area contributed by atoms with Crippen molar-refractivity contribution in [3.63, 3.8) is 0 Å². The molecule has 0 aliphatic carbocycles. The van der Waals surface area contributed by atoms with Gasteiger partial charge in [0.25, 0.3) is 0 Å². The molecule has 0 spiro atoms. The van der Waals surface area contributed by atoms with Crippen LogP contribution in [0, 0.1) is 11.6 Å². The lowest BCUT2D eigenvalue weighted by atomic mass is 10.3. The van der Waals surface area contributed by atoms with E-state index in [0.29, 0.717) is 0 Å². The summed E-state index contributed by atoms with van der Waals surface area (Å²) >= 11 is 0.945. The van der Waals surface area contributed by atoms with Crippen LogP contribution in [0.1, 0.15) is 0 Å². The van der Waals surface area contributed by atoms with Gasteiger partial charge in [0.15, 0.2) is 0 Å². The maximum absolute atomic E-state index is 13.3. The smallest absolute Gasteiger partial charge is 0.241 e. The minimum Gasteiger partial charge on any atom is -0.347 e. The molecule has 0 bridgehead atoms. The normalized spacial score (nSPS) is 10.1. The first-order valence-corrected chi connectivity index (χ1v) is 6.43. The Balaban J connectivity index is 2.40. The van der Waals surface area contributed by atoms with Gasteiger partial charge in [-0.05, 0) is 12.1 Å². The number of rotatable bonds is 5. The Bertz CT molecular complexity index is 481. The van der Waals surface area contributed by atoms with Crippen LogP contribution in [0.15, 0.2) is 23.1 Å². The first-order chi connectivity index (χ1) is 8.90. The van der Waals surface area contributed by atoms with E-state index in [1.807, 2.05) is 0 Å². The molecule has 0 aromatic heterocycles. The summed E-state index contributed by atoms with van der Waals surface area (Å²) in [5.74, 6) is -2.02. The molecule has 19 heavy (non-hydrogen) atoms. The van der Waals surface area contributed by atoms with Gasteiger partial charge in [-0.3, -0.25) is 9.59 Å². The van der Waals surface area contributed by atoms with Gasteiger partial charge in [-0.15, -0.1) is 11.8 Å². The number of amides is 2. The van der Waals surface area contributed by atoms with Gasteiger partial charge >= 0.3 is 0 Å². The fourth-order valence-corrected chi connectivity index (χ4v) is 1.87.